The maximum absolute atomic E-state index is 12.9. The van der Waals surface area contributed by atoms with E-state index in [0.717, 1.165) is 30.8 Å². The Morgan fingerprint density at radius 3 is 2.70 bits per heavy atom. The lowest BCUT2D eigenvalue weighted by atomic mass is 10.1. The number of hydrogen-bond donors (Lipinski definition) is 0. The minimum absolute atomic E-state index is 0.00394. The maximum atomic E-state index is 12.9. The van der Waals surface area contributed by atoms with Crippen LogP contribution in [-0.4, -0.2) is 32.1 Å². The van der Waals surface area contributed by atoms with E-state index in [9.17, 15) is 4.79 Å². The lowest BCUT2D eigenvalue weighted by molar-refractivity contribution is 0.0725. The zero-order valence-corrected chi connectivity index (χ0v) is 14.3. The Kier molecular flexibility index (Phi) is 3.96. The van der Waals surface area contributed by atoms with Gasteiger partial charge in [-0.2, -0.15) is 5.10 Å². The summed E-state index contributed by atoms with van der Waals surface area (Å²) in [4.78, 5) is 19.3. The van der Waals surface area contributed by atoms with Crippen molar-refractivity contribution >= 4 is 5.91 Å². The van der Waals surface area contributed by atoms with Crippen molar-refractivity contribution in [3.63, 3.8) is 0 Å². The highest BCUT2D eigenvalue weighted by Crippen LogP contribution is 2.32. The molecular weight excluding hydrogens is 288 g/mol. The molecule has 5 heteroatoms. The van der Waals surface area contributed by atoms with Gasteiger partial charge in [-0.05, 0) is 58.7 Å². The lowest BCUT2D eigenvalue weighted by Crippen LogP contribution is -2.32. The molecule has 0 spiro atoms. The van der Waals surface area contributed by atoms with Crippen LogP contribution in [-0.2, 0) is 5.54 Å². The fraction of sp³-hybridized carbons (Fsp3) is 0.500. The van der Waals surface area contributed by atoms with Crippen molar-refractivity contribution in [1.82, 2.24) is 19.7 Å². The van der Waals surface area contributed by atoms with Crippen molar-refractivity contribution in [3.05, 3.63) is 47.5 Å². The Morgan fingerprint density at radius 2 is 2.09 bits per heavy atom. The van der Waals surface area contributed by atoms with Crippen molar-refractivity contribution in [2.24, 2.45) is 0 Å². The SMILES string of the molecule is Cc1cc(C(=O)N2CCC[C@H]2c2ccccn2)nn1C(C)(C)C. The molecule has 122 valence electrons. The number of amides is 1. The quantitative estimate of drug-likeness (QED) is 0.855. The third-order valence-corrected chi connectivity index (χ3v) is 4.28. The number of likely N-dealkylation sites (tertiary alicyclic amines) is 1. The van der Waals surface area contributed by atoms with Crippen molar-refractivity contribution < 1.29 is 4.79 Å². The van der Waals surface area contributed by atoms with Crippen LogP contribution in [0.1, 0.15) is 61.5 Å². The number of nitrogens with zero attached hydrogens (tertiary/aromatic N) is 4. The minimum atomic E-state index is -0.131. The van der Waals surface area contributed by atoms with Crippen LogP contribution in [0.3, 0.4) is 0 Å². The highest BCUT2D eigenvalue weighted by Gasteiger charge is 2.33. The summed E-state index contributed by atoms with van der Waals surface area (Å²) in [7, 11) is 0. The molecular formula is C18H24N4O. The molecule has 0 radical (unpaired) electrons. The van der Waals surface area contributed by atoms with Gasteiger partial charge in [0.2, 0.25) is 0 Å². The summed E-state index contributed by atoms with van der Waals surface area (Å²) in [5.74, 6) is 0.00394. The van der Waals surface area contributed by atoms with Crippen LogP contribution in [0.5, 0.6) is 0 Å². The van der Waals surface area contributed by atoms with Crippen LogP contribution < -0.4 is 0 Å². The zero-order valence-electron chi connectivity index (χ0n) is 14.3. The van der Waals surface area contributed by atoms with E-state index >= 15 is 0 Å². The Labute approximate surface area is 137 Å². The molecule has 23 heavy (non-hydrogen) atoms. The van der Waals surface area contributed by atoms with Gasteiger partial charge in [0.25, 0.3) is 5.91 Å². The molecule has 1 atom stereocenters. The van der Waals surface area contributed by atoms with E-state index in [-0.39, 0.29) is 17.5 Å². The van der Waals surface area contributed by atoms with Crippen LogP contribution in [0, 0.1) is 6.92 Å². The lowest BCUT2D eigenvalue weighted by Gasteiger charge is -2.24. The van der Waals surface area contributed by atoms with Gasteiger partial charge in [0, 0.05) is 18.4 Å². The summed E-state index contributed by atoms with van der Waals surface area (Å²) in [6.07, 6.45) is 3.75. The second-order valence-corrected chi connectivity index (χ2v) is 7.16. The molecule has 2 aromatic rings. The standard InChI is InChI=1S/C18H24N4O/c1-13-12-15(20-22(13)18(2,3)4)17(23)21-11-7-9-16(21)14-8-5-6-10-19-14/h5-6,8,10,12,16H,7,9,11H2,1-4H3/t16-/m0/s1. The van der Waals surface area contributed by atoms with E-state index in [1.54, 1.807) is 6.20 Å². The monoisotopic (exact) mass is 312 g/mol. The van der Waals surface area contributed by atoms with Gasteiger partial charge in [-0.15, -0.1) is 0 Å². The molecule has 0 aromatic carbocycles. The second-order valence-electron chi connectivity index (χ2n) is 7.16. The van der Waals surface area contributed by atoms with E-state index in [4.69, 9.17) is 0 Å². The molecule has 2 aromatic heterocycles. The Hall–Kier alpha value is -2.17. The molecule has 0 aliphatic carbocycles. The molecule has 1 saturated heterocycles. The van der Waals surface area contributed by atoms with Crippen LogP contribution in [0.2, 0.25) is 0 Å². The maximum Gasteiger partial charge on any atom is 0.274 e. The predicted molar refractivity (Wildman–Crippen MR) is 89.2 cm³/mol. The molecule has 3 heterocycles. The number of aromatic nitrogens is 3. The van der Waals surface area contributed by atoms with Gasteiger partial charge >= 0.3 is 0 Å². The summed E-state index contributed by atoms with van der Waals surface area (Å²) in [6, 6.07) is 7.82. The number of carbonyl (C=O) groups excluding carboxylic acids is 1. The summed E-state index contributed by atoms with van der Waals surface area (Å²) >= 11 is 0. The molecule has 1 fully saturated rings. The summed E-state index contributed by atoms with van der Waals surface area (Å²) in [6.45, 7) is 9.03. The summed E-state index contributed by atoms with van der Waals surface area (Å²) in [5.41, 5.74) is 2.37. The van der Waals surface area contributed by atoms with Crippen LogP contribution in [0.4, 0.5) is 0 Å². The van der Waals surface area contributed by atoms with Crippen LogP contribution in [0.25, 0.3) is 0 Å². The van der Waals surface area contributed by atoms with Crippen LogP contribution >= 0.6 is 0 Å². The van der Waals surface area contributed by atoms with Crippen LogP contribution in [0.15, 0.2) is 30.5 Å². The van der Waals surface area contributed by atoms with Gasteiger partial charge in [-0.1, -0.05) is 6.07 Å². The fourth-order valence-corrected chi connectivity index (χ4v) is 3.30. The Morgan fingerprint density at radius 1 is 1.30 bits per heavy atom. The molecule has 0 bridgehead atoms. The number of carbonyl (C=O) groups is 1. The summed E-state index contributed by atoms with van der Waals surface area (Å²) < 4.78 is 1.92. The normalized spacial score (nSPS) is 18.4. The first-order valence-electron chi connectivity index (χ1n) is 8.17. The Balaban J connectivity index is 1.88. The van der Waals surface area contributed by atoms with Gasteiger partial charge in [0.15, 0.2) is 5.69 Å². The van der Waals surface area contributed by atoms with Crippen molar-refractivity contribution in [1.29, 1.82) is 0 Å². The fourth-order valence-electron chi connectivity index (χ4n) is 3.30. The largest absolute Gasteiger partial charge is 0.329 e. The average Bonchev–Trinajstić information content (AvgIpc) is 3.13. The predicted octanol–water partition coefficient (Wildman–Crippen LogP) is 3.32. The zero-order chi connectivity index (χ0) is 16.6. The molecule has 1 aliphatic rings. The highest BCUT2D eigenvalue weighted by molar-refractivity contribution is 5.92. The van der Waals surface area contributed by atoms with E-state index in [2.05, 4.69) is 30.9 Å². The van der Waals surface area contributed by atoms with Gasteiger partial charge in [0.1, 0.15) is 0 Å². The second kappa shape index (κ2) is 5.80. The van der Waals surface area contributed by atoms with Gasteiger partial charge in [-0.3, -0.25) is 14.5 Å². The molecule has 5 nitrogen and oxygen atoms in total. The number of aryl methyl sites for hydroxylation is 1. The average molecular weight is 312 g/mol. The van der Waals surface area contributed by atoms with Gasteiger partial charge in [0.05, 0.1) is 17.3 Å². The number of pyridine rings is 1. The number of rotatable bonds is 2. The van der Waals surface area contributed by atoms with Gasteiger partial charge in [-0.25, -0.2) is 0 Å². The molecule has 3 rings (SSSR count). The molecule has 1 aliphatic heterocycles. The van der Waals surface area contributed by atoms with Crippen molar-refractivity contribution in [3.8, 4) is 0 Å². The molecule has 0 unspecified atom stereocenters. The number of hydrogen-bond acceptors (Lipinski definition) is 3. The third-order valence-electron chi connectivity index (χ3n) is 4.28. The van der Waals surface area contributed by atoms with E-state index in [1.807, 2.05) is 40.8 Å². The molecule has 0 saturated carbocycles. The molecule has 0 N–H and O–H groups in total. The van der Waals surface area contributed by atoms with E-state index in [1.165, 1.54) is 0 Å². The topological polar surface area (TPSA) is 51.0 Å². The van der Waals surface area contributed by atoms with Gasteiger partial charge < -0.3 is 4.90 Å². The Bertz CT molecular complexity index is 700. The first-order valence-corrected chi connectivity index (χ1v) is 8.17. The van der Waals surface area contributed by atoms with Crippen molar-refractivity contribution in [2.75, 3.05) is 6.54 Å². The first-order chi connectivity index (χ1) is 10.9. The minimum Gasteiger partial charge on any atom is -0.329 e. The summed E-state index contributed by atoms with van der Waals surface area (Å²) in [5, 5.41) is 4.56. The van der Waals surface area contributed by atoms with E-state index in [0.29, 0.717) is 5.69 Å². The van der Waals surface area contributed by atoms with E-state index < -0.39 is 0 Å². The molecule has 1 amide bonds. The van der Waals surface area contributed by atoms with Crippen molar-refractivity contribution in [2.45, 2.75) is 52.1 Å². The third kappa shape index (κ3) is 3.00. The highest BCUT2D eigenvalue weighted by atomic mass is 16.2. The smallest absolute Gasteiger partial charge is 0.274 e. The first kappa shape index (κ1) is 15.7.